The van der Waals surface area contributed by atoms with Gasteiger partial charge in [0.05, 0.1) is 41.2 Å². The van der Waals surface area contributed by atoms with Gasteiger partial charge >= 0.3 is 0 Å². The standard InChI is InChI=1S/C27H23ClN6O3/c1-15-11-35-25-22(12-36-24(15)25)37-27-31-21-10-20(28)23(32-26(21)33-27)18-4-2-16(3-5-18)17-6-8-19(9-7-17)34-14-29-13-30-34/h2-10,13-15,22,24-25H,11-12H2,1H3,(H,31,32,33)/t15-,22-,24-,25-/m1/s1. The van der Waals surface area contributed by atoms with Crippen molar-refractivity contribution in [2.45, 2.75) is 25.2 Å². The molecule has 0 radical (unpaired) electrons. The first-order valence-electron chi connectivity index (χ1n) is 12.1. The van der Waals surface area contributed by atoms with Crippen LogP contribution in [0.4, 0.5) is 0 Å². The zero-order valence-corrected chi connectivity index (χ0v) is 20.7. The lowest BCUT2D eigenvalue weighted by Gasteiger charge is -2.15. The van der Waals surface area contributed by atoms with Gasteiger partial charge in [0.2, 0.25) is 0 Å². The van der Waals surface area contributed by atoms with Gasteiger partial charge in [0.25, 0.3) is 6.01 Å². The number of aromatic nitrogens is 6. The summed E-state index contributed by atoms with van der Waals surface area (Å²) < 4.78 is 19.6. The van der Waals surface area contributed by atoms with E-state index in [4.69, 9.17) is 30.8 Å². The zero-order chi connectivity index (χ0) is 24.9. The molecule has 2 aliphatic heterocycles. The van der Waals surface area contributed by atoms with Crippen molar-refractivity contribution in [1.82, 2.24) is 29.7 Å². The van der Waals surface area contributed by atoms with E-state index in [-0.39, 0.29) is 18.3 Å². The van der Waals surface area contributed by atoms with Crippen LogP contribution in [0.25, 0.3) is 39.2 Å². The molecule has 10 heteroatoms. The molecule has 5 heterocycles. The molecule has 9 nitrogen and oxygen atoms in total. The lowest BCUT2D eigenvalue weighted by Crippen LogP contribution is -2.33. The van der Waals surface area contributed by atoms with E-state index in [0.717, 1.165) is 22.4 Å². The predicted molar refractivity (Wildman–Crippen MR) is 138 cm³/mol. The zero-order valence-electron chi connectivity index (χ0n) is 19.9. The summed E-state index contributed by atoms with van der Waals surface area (Å²) in [6.45, 7) is 3.29. The Balaban J connectivity index is 1.11. The molecule has 4 atom stereocenters. The molecule has 2 aromatic carbocycles. The maximum Gasteiger partial charge on any atom is 0.296 e. The van der Waals surface area contributed by atoms with Crippen LogP contribution in [0.1, 0.15) is 6.92 Å². The smallest absolute Gasteiger partial charge is 0.296 e. The summed E-state index contributed by atoms with van der Waals surface area (Å²) in [5, 5.41) is 4.70. The minimum Gasteiger partial charge on any atom is -0.456 e. The van der Waals surface area contributed by atoms with Gasteiger partial charge in [0.15, 0.2) is 11.8 Å². The maximum absolute atomic E-state index is 6.62. The number of benzene rings is 2. The van der Waals surface area contributed by atoms with Crippen LogP contribution in [-0.2, 0) is 9.47 Å². The van der Waals surface area contributed by atoms with Gasteiger partial charge in [-0.05, 0) is 29.3 Å². The fourth-order valence-corrected chi connectivity index (χ4v) is 5.28. The highest BCUT2D eigenvalue weighted by atomic mass is 35.5. The Kier molecular flexibility index (Phi) is 5.42. The Labute approximate surface area is 217 Å². The average Bonchev–Trinajstić information content (AvgIpc) is 3.71. The van der Waals surface area contributed by atoms with Crippen molar-refractivity contribution >= 4 is 22.8 Å². The van der Waals surface area contributed by atoms with E-state index in [9.17, 15) is 0 Å². The summed E-state index contributed by atoms with van der Waals surface area (Å²) in [6, 6.07) is 18.5. The lowest BCUT2D eigenvalue weighted by atomic mass is 10.0. The van der Waals surface area contributed by atoms with Crippen LogP contribution in [0, 0.1) is 5.92 Å². The third-order valence-electron chi connectivity index (χ3n) is 6.97. The van der Waals surface area contributed by atoms with E-state index in [1.165, 1.54) is 6.33 Å². The molecule has 0 amide bonds. The fraction of sp³-hybridized carbons (Fsp3) is 0.259. The number of pyridine rings is 1. The summed E-state index contributed by atoms with van der Waals surface area (Å²) in [5.41, 5.74) is 5.95. The van der Waals surface area contributed by atoms with E-state index < -0.39 is 0 Å². The third-order valence-corrected chi connectivity index (χ3v) is 7.25. The highest BCUT2D eigenvalue weighted by Crippen LogP contribution is 2.34. The summed E-state index contributed by atoms with van der Waals surface area (Å²) in [6.07, 6.45) is 2.98. The van der Waals surface area contributed by atoms with Gasteiger partial charge in [-0.2, -0.15) is 10.1 Å². The molecule has 7 rings (SSSR count). The van der Waals surface area contributed by atoms with E-state index >= 15 is 0 Å². The van der Waals surface area contributed by atoms with Crippen molar-refractivity contribution in [3.8, 4) is 34.1 Å². The van der Waals surface area contributed by atoms with Gasteiger partial charge in [-0.15, -0.1) is 0 Å². The number of nitrogens with zero attached hydrogens (tertiary/aromatic N) is 5. The summed E-state index contributed by atoms with van der Waals surface area (Å²) in [5.74, 6) is 0.364. The molecule has 1 N–H and O–H groups in total. The summed E-state index contributed by atoms with van der Waals surface area (Å²) in [7, 11) is 0. The largest absolute Gasteiger partial charge is 0.456 e. The second-order valence-corrected chi connectivity index (χ2v) is 9.83. The second-order valence-electron chi connectivity index (χ2n) is 9.43. The fourth-order valence-electron chi connectivity index (χ4n) is 5.02. The number of imidazole rings is 1. The van der Waals surface area contributed by atoms with Gasteiger partial charge in [0.1, 0.15) is 18.8 Å². The second kappa shape index (κ2) is 8.95. The molecule has 2 fully saturated rings. The Morgan fingerprint density at radius 3 is 2.43 bits per heavy atom. The van der Waals surface area contributed by atoms with Gasteiger partial charge in [-0.1, -0.05) is 54.9 Å². The van der Waals surface area contributed by atoms with Crippen LogP contribution in [0.2, 0.25) is 5.02 Å². The molecule has 0 unspecified atom stereocenters. The van der Waals surface area contributed by atoms with Crippen molar-refractivity contribution in [2.75, 3.05) is 13.2 Å². The number of hydrogen-bond donors (Lipinski definition) is 1. The van der Waals surface area contributed by atoms with E-state index in [0.29, 0.717) is 47.0 Å². The van der Waals surface area contributed by atoms with Crippen molar-refractivity contribution in [3.63, 3.8) is 0 Å². The van der Waals surface area contributed by atoms with Crippen molar-refractivity contribution in [1.29, 1.82) is 0 Å². The van der Waals surface area contributed by atoms with Crippen LogP contribution in [0.15, 0.2) is 67.3 Å². The maximum atomic E-state index is 6.62. The molecule has 2 saturated heterocycles. The first-order chi connectivity index (χ1) is 18.1. The Morgan fingerprint density at radius 2 is 1.68 bits per heavy atom. The number of ether oxygens (including phenoxy) is 3. The van der Waals surface area contributed by atoms with Crippen LogP contribution < -0.4 is 4.74 Å². The van der Waals surface area contributed by atoms with Gasteiger partial charge in [-0.25, -0.2) is 14.6 Å². The molecule has 0 aliphatic carbocycles. The molecular weight excluding hydrogens is 492 g/mol. The quantitative estimate of drug-likeness (QED) is 0.362. The van der Waals surface area contributed by atoms with Gasteiger partial charge in [-0.3, -0.25) is 0 Å². The SMILES string of the molecule is C[C@@H]1CO[C@H]2[C@@H]1OC[C@H]2Oc1nc2nc(-c3ccc(-c4ccc(-n5cncn5)cc4)cc3)c(Cl)cc2[nH]1. The number of hydrogen-bond acceptors (Lipinski definition) is 7. The summed E-state index contributed by atoms with van der Waals surface area (Å²) >= 11 is 6.62. The molecule has 2 aliphatic rings. The molecule has 0 bridgehead atoms. The van der Waals surface area contributed by atoms with Crippen LogP contribution in [-0.4, -0.2) is 61.2 Å². The number of fused-ring (bicyclic) bond motifs is 2. The molecule has 5 aromatic rings. The number of nitrogens with one attached hydrogen (secondary N) is 1. The first-order valence-corrected chi connectivity index (χ1v) is 12.5. The number of halogens is 1. The van der Waals surface area contributed by atoms with Crippen LogP contribution in [0.5, 0.6) is 6.01 Å². The topological polar surface area (TPSA) is 100.0 Å². The van der Waals surface area contributed by atoms with Gasteiger partial charge < -0.3 is 19.2 Å². The van der Waals surface area contributed by atoms with E-state index in [1.54, 1.807) is 11.0 Å². The highest BCUT2D eigenvalue weighted by Gasteiger charge is 2.47. The normalized spacial score (nSPS) is 23.0. The highest BCUT2D eigenvalue weighted by molar-refractivity contribution is 6.33. The molecule has 186 valence electrons. The monoisotopic (exact) mass is 514 g/mol. The Hall–Kier alpha value is -3.79. The minimum absolute atomic E-state index is 0.0724. The van der Waals surface area contributed by atoms with Crippen molar-refractivity contribution in [2.24, 2.45) is 5.92 Å². The van der Waals surface area contributed by atoms with E-state index in [2.05, 4.69) is 51.2 Å². The molecule has 3 aromatic heterocycles. The molecule has 0 spiro atoms. The minimum atomic E-state index is -0.205. The van der Waals surface area contributed by atoms with Crippen LogP contribution in [0.3, 0.4) is 0 Å². The lowest BCUT2D eigenvalue weighted by molar-refractivity contribution is 0.0262. The van der Waals surface area contributed by atoms with E-state index in [1.807, 2.05) is 30.3 Å². The number of rotatable bonds is 5. The van der Waals surface area contributed by atoms with Crippen molar-refractivity contribution < 1.29 is 14.2 Å². The molecular formula is C27H23ClN6O3. The van der Waals surface area contributed by atoms with Crippen molar-refractivity contribution in [3.05, 3.63) is 72.3 Å². The number of aromatic amines is 1. The third kappa shape index (κ3) is 4.05. The molecule has 37 heavy (non-hydrogen) atoms. The first kappa shape index (κ1) is 22.4. The van der Waals surface area contributed by atoms with Crippen LogP contribution >= 0.6 is 11.6 Å². The predicted octanol–water partition coefficient (Wildman–Crippen LogP) is 4.71. The molecule has 0 saturated carbocycles. The Bertz CT molecular complexity index is 1550. The van der Waals surface area contributed by atoms with Gasteiger partial charge in [0, 0.05) is 11.5 Å². The summed E-state index contributed by atoms with van der Waals surface area (Å²) in [4.78, 5) is 16.5. The number of H-pyrrole nitrogens is 1. The average molecular weight is 515 g/mol. The Morgan fingerprint density at radius 1 is 0.946 bits per heavy atom.